The number of anilines is 2. The van der Waals surface area contributed by atoms with E-state index in [1.165, 1.54) is 0 Å². The first kappa shape index (κ1) is 14.7. The Morgan fingerprint density at radius 1 is 1.13 bits per heavy atom. The van der Waals surface area contributed by atoms with Crippen LogP contribution in [0.2, 0.25) is 0 Å². The van der Waals surface area contributed by atoms with Crippen molar-refractivity contribution in [2.45, 2.75) is 52.0 Å². The fourth-order valence-electron chi connectivity index (χ4n) is 4.98. The monoisotopic (exact) mass is 312 g/mol. The van der Waals surface area contributed by atoms with E-state index in [1.807, 2.05) is 26.0 Å². The van der Waals surface area contributed by atoms with Gasteiger partial charge >= 0.3 is 0 Å². The van der Waals surface area contributed by atoms with E-state index in [0.717, 1.165) is 30.6 Å². The molecule has 4 rings (SSSR count). The SMILES string of the molecule is CC1(C)CC(=O)C2(Cc3cc(N)ccc3N3CCC[C@@H]32)C(=O)C1. The van der Waals surface area contributed by atoms with Gasteiger partial charge in [0.2, 0.25) is 0 Å². The van der Waals surface area contributed by atoms with E-state index >= 15 is 0 Å². The van der Waals surface area contributed by atoms with Crippen LogP contribution in [0.25, 0.3) is 0 Å². The number of benzene rings is 1. The molecule has 23 heavy (non-hydrogen) atoms. The number of nitrogen functional groups attached to an aromatic ring is 1. The molecule has 3 aliphatic rings. The summed E-state index contributed by atoms with van der Waals surface area (Å²) in [6.45, 7) is 4.97. The summed E-state index contributed by atoms with van der Waals surface area (Å²) in [4.78, 5) is 28.6. The van der Waals surface area contributed by atoms with Crippen LogP contribution in [0.5, 0.6) is 0 Å². The highest BCUT2D eigenvalue weighted by Gasteiger charge is 2.60. The Labute approximate surface area is 137 Å². The van der Waals surface area contributed by atoms with Crippen molar-refractivity contribution in [3.8, 4) is 0 Å². The lowest BCUT2D eigenvalue weighted by Crippen LogP contribution is -2.61. The number of rotatable bonds is 0. The summed E-state index contributed by atoms with van der Waals surface area (Å²) in [6.07, 6.45) is 3.51. The Morgan fingerprint density at radius 3 is 2.52 bits per heavy atom. The average molecular weight is 312 g/mol. The molecule has 1 aromatic carbocycles. The maximum absolute atomic E-state index is 13.2. The number of ketones is 2. The highest BCUT2D eigenvalue weighted by molar-refractivity contribution is 6.11. The number of Topliss-reactive ketones (excluding diaryl/α,β-unsaturated/α-hetero) is 2. The van der Waals surface area contributed by atoms with Gasteiger partial charge < -0.3 is 10.6 Å². The van der Waals surface area contributed by atoms with Crippen molar-refractivity contribution in [1.29, 1.82) is 0 Å². The van der Waals surface area contributed by atoms with E-state index in [-0.39, 0.29) is 23.0 Å². The minimum absolute atomic E-state index is 0.0368. The van der Waals surface area contributed by atoms with Crippen molar-refractivity contribution < 1.29 is 9.59 Å². The van der Waals surface area contributed by atoms with Crippen LogP contribution in [-0.4, -0.2) is 24.2 Å². The van der Waals surface area contributed by atoms with Crippen LogP contribution in [-0.2, 0) is 16.0 Å². The Balaban J connectivity index is 1.86. The molecule has 1 aliphatic carbocycles. The molecular formula is C19H24N2O2. The van der Waals surface area contributed by atoms with Crippen molar-refractivity contribution in [2.24, 2.45) is 10.8 Å². The minimum Gasteiger partial charge on any atom is -0.399 e. The Bertz CT molecular complexity index is 687. The predicted octanol–water partition coefficient (Wildman–Crippen LogP) is 2.74. The number of fused-ring (bicyclic) bond motifs is 4. The number of hydrogen-bond acceptors (Lipinski definition) is 4. The number of carbonyl (C=O) groups is 2. The third kappa shape index (κ3) is 1.97. The van der Waals surface area contributed by atoms with Crippen molar-refractivity contribution in [3.05, 3.63) is 23.8 Å². The van der Waals surface area contributed by atoms with E-state index in [9.17, 15) is 9.59 Å². The molecule has 0 aromatic heterocycles. The molecule has 2 fully saturated rings. The van der Waals surface area contributed by atoms with Crippen LogP contribution in [0.15, 0.2) is 18.2 Å². The van der Waals surface area contributed by atoms with Crippen LogP contribution in [0.1, 0.15) is 45.1 Å². The number of carbonyl (C=O) groups excluding carboxylic acids is 2. The van der Waals surface area contributed by atoms with Crippen molar-refractivity contribution in [2.75, 3.05) is 17.2 Å². The summed E-state index contributed by atoms with van der Waals surface area (Å²) < 4.78 is 0. The number of nitrogens with two attached hydrogens (primary N) is 1. The highest BCUT2D eigenvalue weighted by atomic mass is 16.2. The lowest BCUT2D eigenvalue weighted by Gasteiger charge is -2.50. The molecule has 2 heterocycles. The van der Waals surface area contributed by atoms with Gasteiger partial charge in [-0.2, -0.15) is 0 Å². The third-order valence-electron chi connectivity index (χ3n) is 5.98. The molecule has 4 heteroatoms. The van der Waals surface area contributed by atoms with Gasteiger partial charge in [0.1, 0.15) is 17.0 Å². The summed E-state index contributed by atoms with van der Waals surface area (Å²) in [5, 5.41) is 0. The zero-order valence-corrected chi connectivity index (χ0v) is 13.9. The fraction of sp³-hybridized carbons (Fsp3) is 0.579. The first-order valence-electron chi connectivity index (χ1n) is 8.55. The summed E-state index contributed by atoms with van der Waals surface area (Å²) in [5.41, 5.74) is 7.84. The maximum atomic E-state index is 13.2. The maximum Gasteiger partial charge on any atom is 0.149 e. The molecular weight excluding hydrogens is 288 g/mol. The molecule has 1 saturated heterocycles. The zero-order chi connectivity index (χ0) is 16.4. The lowest BCUT2D eigenvalue weighted by molar-refractivity contribution is -0.150. The third-order valence-corrected chi connectivity index (χ3v) is 5.98. The van der Waals surface area contributed by atoms with Crippen LogP contribution in [0.4, 0.5) is 11.4 Å². The lowest BCUT2D eigenvalue weighted by atomic mass is 9.56. The van der Waals surface area contributed by atoms with E-state index in [0.29, 0.717) is 24.9 Å². The highest BCUT2D eigenvalue weighted by Crippen LogP contribution is 2.52. The van der Waals surface area contributed by atoms with Gasteiger partial charge in [0.15, 0.2) is 0 Å². The molecule has 1 spiro atoms. The van der Waals surface area contributed by atoms with Crippen LogP contribution >= 0.6 is 0 Å². The molecule has 0 bridgehead atoms. The molecule has 4 nitrogen and oxygen atoms in total. The molecule has 2 aliphatic heterocycles. The first-order chi connectivity index (χ1) is 10.8. The standard InChI is InChI=1S/C19H24N2O2/c1-18(2)10-16(22)19(17(23)11-18)9-12-8-13(20)5-6-14(12)21-7-3-4-15(19)21/h5-6,8,15H,3-4,7,9-11,20H2,1-2H3/t15-/m1/s1. The predicted molar refractivity (Wildman–Crippen MR) is 90.4 cm³/mol. The average Bonchev–Trinajstić information content (AvgIpc) is 2.93. The second-order valence-electron chi connectivity index (χ2n) is 8.25. The van der Waals surface area contributed by atoms with E-state index in [4.69, 9.17) is 5.73 Å². The minimum atomic E-state index is -0.840. The van der Waals surface area contributed by atoms with Crippen molar-refractivity contribution in [1.82, 2.24) is 0 Å². The van der Waals surface area contributed by atoms with Gasteiger partial charge in [-0.1, -0.05) is 13.8 Å². The molecule has 2 N–H and O–H groups in total. The molecule has 122 valence electrons. The number of hydrogen-bond donors (Lipinski definition) is 1. The second kappa shape index (κ2) is 4.59. The Hall–Kier alpha value is -1.84. The summed E-state index contributed by atoms with van der Waals surface area (Å²) in [5.74, 6) is 0.285. The van der Waals surface area contributed by atoms with Crippen LogP contribution in [0.3, 0.4) is 0 Å². The molecule has 1 atom stereocenters. The molecule has 0 unspecified atom stereocenters. The Kier molecular flexibility index (Phi) is 2.94. The zero-order valence-electron chi connectivity index (χ0n) is 13.9. The summed E-state index contributed by atoms with van der Waals surface area (Å²) in [7, 11) is 0. The van der Waals surface area contributed by atoms with Gasteiger partial charge in [0.05, 0.1) is 0 Å². The molecule has 0 amide bonds. The smallest absolute Gasteiger partial charge is 0.149 e. The topological polar surface area (TPSA) is 63.4 Å². The first-order valence-corrected chi connectivity index (χ1v) is 8.55. The van der Waals surface area contributed by atoms with Gasteiger partial charge in [-0.3, -0.25) is 9.59 Å². The summed E-state index contributed by atoms with van der Waals surface area (Å²) >= 11 is 0. The van der Waals surface area contributed by atoms with E-state index in [1.54, 1.807) is 0 Å². The van der Waals surface area contributed by atoms with E-state index in [2.05, 4.69) is 11.0 Å². The van der Waals surface area contributed by atoms with Crippen molar-refractivity contribution >= 4 is 22.9 Å². The van der Waals surface area contributed by atoms with Gasteiger partial charge in [-0.15, -0.1) is 0 Å². The fourth-order valence-corrected chi connectivity index (χ4v) is 4.98. The number of nitrogens with zero attached hydrogens (tertiary/aromatic N) is 1. The molecule has 1 saturated carbocycles. The Morgan fingerprint density at radius 2 is 1.83 bits per heavy atom. The van der Waals surface area contributed by atoms with Gasteiger partial charge in [-0.05, 0) is 48.4 Å². The van der Waals surface area contributed by atoms with Crippen LogP contribution < -0.4 is 10.6 Å². The van der Waals surface area contributed by atoms with E-state index < -0.39 is 5.41 Å². The molecule has 1 aromatic rings. The largest absolute Gasteiger partial charge is 0.399 e. The quantitative estimate of drug-likeness (QED) is 0.591. The molecule has 0 radical (unpaired) electrons. The van der Waals surface area contributed by atoms with Crippen LogP contribution in [0, 0.1) is 10.8 Å². The van der Waals surface area contributed by atoms with Crippen molar-refractivity contribution in [3.63, 3.8) is 0 Å². The van der Waals surface area contributed by atoms with Gasteiger partial charge in [-0.25, -0.2) is 0 Å². The summed E-state index contributed by atoms with van der Waals surface area (Å²) in [6, 6.07) is 5.96. The van der Waals surface area contributed by atoms with Gasteiger partial charge in [0, 0.05) is 36.8 Å². The second-order valence-corrected chi connectivity index (χ2v) is 8.25. The normalized spacial score (nSPS) is 27.9. The van der Waals surface area contributed by atoms with Gasteiger partial charge in [0.25, 0.3) is 0 Å².